The summed E-state index contributed by atoms with van der Waals surface area (Å²) in [7, 11) is 0. The van der Waals surface area contributed by atoms with E-state index >= 15 is 0 Å². The molecule has 0 aliphatic carbocycles. The predicted molar refractivity (Wildman–Crippen MR) is 72.8 cm³/mol. The summed E-state index contributed by atoms with van der Waals surface area (Å²) in [5, 5.41) is 0. The van der Waals surface area contributed by atoms with Crippen molar-refractivity contribution in [3.63, 3.8) is 0 Å². The van der Waals surface area contributed by atoms with Gasteiger partial charge in [-0.3, -0.25) is 9.69 Å². The van der Waals surface area contributed by atoms with Crippen molar-refractivity contribution in [2.45, 2.75) is 19.4 Å². The second-order valence-corrected chi connectivity index (χ2v) is 6.76. The Labute approximate surface area is 114 Å². The summed E-state index contributed by atoms with van der Waals surface area (Å²) in [4.78, 5) is 15.1. The van der Waals surface area contributed by atoms with E-state index in [9.17, 15) is 4.79 Å². The van der Waals surface area contributed by atoms with E-state index in [2.05, 4.69) is 27.8 Å². The van der Waals surface area contributed by atoms with Gasteiger partial charge in [0.15, 0.2) is 5.78 Å². The summed E-state index contributed by atoms with van der Waals surface area (Å²) < 4.78 is 6.57. The van der Waals surface area contributed by atoms with Gasteiger partial charge in [0.05, 0.1) is 21.3 Å². The maximum absolute atomic E-state index is 12.1. The zero-order valence-corrected chi connectivity index (χ0v) is 12.2. The van der Waals surface area contributed by atoms with Crippen LogP contribution in [0.2, 0.25) is 0 Å². The van der Waals surface area contributed by atoms with Crippen LogP contribution in [0, 0.1) is 0 Å². The first-order valence-electron chi connectivity index (χ1n) is 5.77. The van der Waals surface area contributed by atoms with Gasteiger partial charge < -0.3 is 4.74 Å². The minimum atomic E-state index is 0.204. The Hall–Kier alpha value is -0.230. The van der Waals surface area contributed by atoms with Crippen molar-refractivity contribution in [3.8, 4) is 0 Å². The molecule has 0 bridgehead atoms. The third-order valence-corrected chi connectivity index (χ3v) is 4.42. The quantitative estimate of drug-likeness (QED) is 0.803. The lowest BCUT2D eigenvalue weighted by Crippen LogP contribution is -2.34. The molecule has 1 aromatic rings. The molecule has 5 heteroatoms. The Morgan fingerprint density at radius 2 is 2.47 bits per heavy atom. The van der Waals surface area contributed by atoms with Gasteiger partial charge in [0, 0.05) is 19.7 Å². The fourth-order valence-corrected chi connectivity index (χ4v) is 3.29. The van der Waals surface area contributed by atoms with Gasteiger partial charge in [0.25, 0.3) is 0 Å². The van der Waals surface area contributed by atoms with Crippen LogP contribution in [-0.4, -0.2) is 43.0 Å². The largest absolute Gasteiger partial charge is 0.377 e. The number of carbonyl (C=O) groups excluding carboxylic acids is 1. The van der Waals surface area contributed by atoms with Crippen LogP contribution in [-0.2, 0) is 4.74 Å². The second-order valence-electron chi connectivity index (χ2n) is 4.30. The van der Waals surface area contributed by atoms with Crippen molar-refractivity contribution < 1.29 is 9.53 Å². The third-order valence-electron chi connectivity index (χ3n) is 2.75. The highest BCUT2D eigenvalue weighted by molar-refractivity contribution is 9.11. The van der Waals surface area contributed by atoms with Crippen molar-refractivity contribution in [2.75, 3.05) is 26.2 Å². The lowest BCUT2D eigenvalue weighted by Gasteiger charge is -2.20. The molecular weight excluding hydrogens is 302 g/mol. The van der Waals surface area contributed by atoms with Crippen LogP contribution < -0.4 is 0 Å². The average Bonchev–Trinajstić information content (AvgIpc) is 2.61. The molecule has 0 saturated carbocycles. The summed E-state index contributed by atoms with van der Waals surface area (Å²) in [5.41, 5.74) is 0. The molecule has 2 heterocycles. The monoisotopic (exact) mass is 317 g/mol. The molecule has 1 fully saturated rings. The molecule has 1 aliphatic rings. The van der Waals surface area contributed by atoms with Crippen LogP contribution in [0.3, 0.4) is 0 Å². The molecule has 0 amide bonds. The van der Waals surface area contributed by atoms with Crippen LogP contribution in [0.1, 0.15) is 23.0 Å². The smallest absolute Gasteiger partial charge is 0.186 e. The number of ketones is 1. The van der Waals surface area contributed by atoms with E-state index in [4.69, 9.17) is 4.74 Å². The minimum Gasteiger partial charge on any atom is -0.377 e. The van der Waals surface area contributed by atoms with E-state index in [1.807, 2.05) is 12.1 Å². The highest BCUT2D eigenvalue weighted by Crippen LogP contribution is 2.22. The number of ether oxygens (including phenoxy) is 1. The van der Waals surface area contributed by atoms with Crippen molar-refractivity contribution in [3.05, 3.63) is 20.8 Å². The second kappa shape index (κ2) is 6.09. The molecule has 1 aromatic heterocycles. The van der Waals surface area contributed by atoms with Crippen LogP contribution in [0.4, 0.5) is 0 Å². The van der Waals surface area contributed by atoms with E-state index in [0.29, 0.717) is 6.54 Å². The number of rotatable bonds is 3. The number of nitrogens with zero attached hydrogens (tertiary/aromatic N) is 1. The zero-order chi connectivity index (χ0) is 12.3. The molecule has 0 N–H and O–H groups in total. The SMILES string of the molecule is CC1CN(CC(=O)c2ccc(Br)s2)CCCO1. The van der Waals surface area contributed by atoms with Gasteiger partial charge in [-0.25, -0.2) is 0 Å². The van der Waals surface area contributed by atoms with Crippen molar-refractivity contribution in [2.24, 2.45) is 0 Å². The number of carbonyl (C=O) groups is 1. The molecule has 0 aromatic carbocycles. The summed E-state index contributed by atoms with van der Waals surface area (Å²) >= 11 is 4.88. The van der Waals surface area contributed by atoms with Crippen LogP contribution >= 0.6 is 27.3 Å². The number of hydrogen-bond acceptors (Lipinski definition) is 4. The number of Topliss-reactive ketones (excluding diaryl/α,β-unsaturated/α-hetero) is 1. The van der Waals surface area contributed by atoms with Crippen molar-refractivity contribution >= 4 is 33.0 Å². The average molecular weight is 318 g/mol. The van der Waals surface area contributed by atoms with Gasteiger partial charge >= 0.3 is 0 Å². The van der Waals surface area contributed by atoms with E-state index in [-0.39, 0.29) is 11.9 Å². The van der Waals surface area contributed by atoms with Crippen LogP contribution in [0.5, 0.6) is 0 Å². The fourth-order valence-electron chi connectivity index (χ4n) is 1.97. The molecule has 1 saturated heterocycles. The minimum absolute atomic E-state index is 0.204. The van der Waals surface area contributed by atoms with Crippen LogP contribution in [0.25, 0.3) is 0 Å². The first kappa shape index (κ1) is 13.2. The van der Waals surface area contributed by atoms with Crippen molar-refractivity contribution in [1.29, 1.82) is 0 Å². The summed E-state index contributed by atoms with van der Waals surface area (Å²) in [6, 6.07) is 3.81. The fraction of sp³-hybridized carbons (Fsp3) is 0.583. The molecule has 1 unspecified atom stereocenters. The maximum atomic E-state index is 12.1. The van der Waals surface area contributed by atoms with Gasteiger partial charge in [-0.05, 0) is 41.4 Å². The lowest BCUT2D eigenvalue weighted by atomic mass is 10.2. The third kappa shape index (κ3) is 3.88. The Kier molecular flexibility index (Phi) is 4.73. The van der Waals surface area contributed by atoms with Crippen molar-refractivity contribution in [1.82, 2.24) is 4.90 Å². The summed E-state index contributed by atoms with van der Waals surface area (Å²) in [5.74, 6) is 0.204. The van der Waals surface area contributed by atoms with E-state index < -0.39 is 0 Å². The number of thiophene rings is 1. The molecule has 1 atom stereocenters. The maximum Gasteiger partial charge on any atom is 0.186 e. The Morgan fingerprint density at radius 1 is 1.65 bits per heavy atom. The standard InChI is InChI=1S/C12H16BrNO2S/c1-9-7-14(5-2-6-16-9)8-10(15)11-3-4-12(13)17-11/h3-4,9H,2,5-8H2,1H3. The van der Waals surface area contributed by atoms with Gasteiger partial charge in [-0.2, -0.15) is 0 Å². The normalized spacial score (nSPS) is 22.4. The highest BCUT2D eigenvalue weighted by atomic mass is 79.9. The predicted octanol–water partition coefficient (Wildman–Crippen LogP) is 2.80. The first-order chi connectivity index (χ1) is 8.15. The van der Waals surface area contributed by atoms with Gasteiger partial charge in [-0.15, -0.1) is 11.3 Å². The first-order valence-corrected chi connectivity index (χ1v) is 7.38. The molecule has 3 nitrogen and oxygen atoms in total. The van der Waals surface area contributed by atoms with Gasteiger partial charge in [0.2, 0.25) is 0 Å². The van der Waals surface area contributed by atoms with E-state index in [0.717, 1.165) is 34.8 Å². The molecule has 0 spiro atoms. The summed E-state index contributed by atoms with van der Waals surface area (Å²) in [6.07, 6.45) is 1.23. The zero-order valence-electron chi connectivity index (χ0n) is 9.82. The molecule has 94 valence electrons. The molecule has 0 radical (unpaired) electrons. The Balaban J connectivity index is 1.93. The Bertz CT molecular complexity index is 394. The molecular formula is C12H16BrNO2S. The summed E-state index contributed by atoms with van der Waals surface area (Å²) in [6.45, 7) is 5.16. The Morgan fingerprint density at radius 3 is 3.18 bits per heavy atom. The molecule has 2 rings (SSSR count). The van der Waals surface area contributed by atoms with E-state index in [1.165, 1.54) is 11.3 Å². The van der Waals surface area contributed by atoms with Gasteiger partial charge in [0.1, 0.15) is 0 Å². The molecule has 1 aliphatic heterocycles. The molecule has 17 heavy (non-hydrogen) atoms. The van der Waals surface area contributed by atoms with Crippen LogP contribution in [0.15, 0.2) is 15.9 Å². The highest BCUT2D eigenvalue weighted by Gasteiger charge is 2.18. The number of halogens is 1. The lowest BCUT2D eigenvalue weighted by molar-refractivity contribution is 0.0658. The van der Waals surface area contributed by atoms with Gasteiger partial charge in [-0.1, -0.05) is 0 Å². The number of hydrogen-bond donors (Lipinski definition) is 0. The topological polar surface area (TPSA) is 29.5 Å². The van der Waals surface area contributed by atoms with E-state index in [1.54, 1.807) is 0 Å².